The van der Waals surface area contributed by atoms with Crippen LogP contribution in [0.15, 0.2) is 36.7 Å². The van der Waals surface area contributed by atoms with Gasteiger partial charge in [-0.25, -0.2) is 0 Å². The Balaban J connectivity index is 2.04. The van der Waals surface area contributed by atoms with Crippen molar-refractivity contribution in [2.24, 2.45) is 0 Å². The summed E-state index contributed by atoms with van der Waals surface area (Å²) in [5, 5.41) is 3.91. The molecular weight excluding hydrogens is 276 g/mol. The van der Waals surface area contributed by atoms with Crippen molar-refractivity contribution in [1.29, 1.82) is 0 Å². The number of ether oxygens (including phenoxy) is 2. The molecule has 0 aliphatic carbocycles. The van der Waals surface area contributed by atoms with Crippen molar-refractivity contribution >= 4 is 11.6 Å². The largest absolute Gasteiger partial charge is 0.486 e. The van der Waals surface area contributed by atoms with Crippen molar-refractivity contribution in [1.82, 2.24) is 10.3 Å². The maximum atomic E-state index is 6.39. The van der Waals surface area contributed by atoms with Crippen molar-refractivity contribution in [3.05, 3.63) is 52.8 Å². The van der Waals surface area contributed by atoms with E-state index in [1.54, 1.807) is 6.20 Å². The van der Waals surface area contributed by atoms with Gasteiger partial charge in [0.05, 0.1) is 6.04 Å². The van der Waals surface area contributed by atoms with Crippen LogP contribution in [0.25, 0.3) is 0 Å². The van der Waals surface area contributed by atoms with Gasteiger partial charge >= 0.3 is 0 Å². The lowest BCUT2D eigenvalue weighted by Crippen LogP contribution is -2.20. The maximum Gasteiger partial charge on any atom is 0.162 e. The van der Waals surface area contributed by atoms with Gasteiger partial charge in [0.25, 0.3) is 0 Å². The van der Waals surface area contributed by atoms with Gasteiger partial charge in [0.15, 0.2) is 11.5 Å². The van der Waals surface area contributed by atoms with Crippen LogP contribution in [0.2, 0.25) is 5.02 Å². The van der Waals surface area contributed by atoms with Gasteiger partial charge in [-0.05, 0) is 30.3 Å². The van der Waals surface area contributed by atoms with Crippen LogP contribution in [0.5, 0.6) is 11.5 Å². The molecule has 5 heteroatoms. The van der Waals surface area contributed by atoms with Crippen LogP contribution in [0, 0.1) is 0 Å². The summed E-state index contributed by atoms with van der Waals surface area (Å²) in [6, 6.07) is 7.64. The van der Waals surface area contributed by atoms with Crippen LogP contribution in [0.3, 0.4) is 0 Å². The van der Waals surface area contributed by atoms with Crippen LogP contribution in [0.1, 0.15) is 17.2 Å². The van der Waals surface area contributed by atoms with E-state index in [1.165, 1.54) is 0 Å². The van der Waals surface area contributed by atoms with Crippen LogP contribution in [0.4, 0.5) is 0 Å². The van der Waals surface area contributed by atoms with E-state index in [0.29, 0.717) is 24.0 Å². The predicted molar refractivity (Wildman–Crippen MR) is 77.6 cm³/mol. The monoisotopic (exact) mass is 290 g/mol. The molecule has 1 aromatic heterocycles. The molecule has 1 aromatic carbocycles. The zero-order valence-corrected chi connectivity index (χ0v) is 11.9. The molecule has 0 spiro atoms. The smallest absolute Gasteiger partial charge is 0.162 e. The maximum absolute atomic E-state index is 6.39. The zero-order chi connectivity index (χ0) is 13.9. The second-order valence-corrected chi connectivity index (χ2v) is 4.93. The second-order valence-electron chi connectivity index (χ2n) is 4.53. The molecule has 1 atom stereocenters. The van der Waals surface area contributed by atoms with E-state index in [2.05, 4.69) is 10.3 Å². The highest BCUT2D eigenvalue weighted by molar-refractivity contribution is 6.31. The topological polar surface area (TPSA) is 43.4 Å². The molecule has 0 amide bonds. The number of benzene rings is 1. The Morgan fingerprint density at radius 1 is 1.25 bits per heavy atom. The lowest BCUT2D eigenvalue weighted by atomic mass is 9.99. The zero-order valence-electron chi connectivity index (χ0n) is 11.1. The van der Waals surface area contributed by atoms with Crippen LogP contribution in [-0.2, 0) is 0 Å². The number of nitrogens with one attached hydrogen (secondary N) is 1. The van der Waals surface area contributed by atoms with Gasteiger partial charge in [0, 0.05) is 23.5 Å². The minimum absolute atomic E-state index is 0.0352. The minimum atomic E-state index is -0.0352. The van der Waals surface area contributed by atoms with Crippen LogP contribution >= 0.6 is 11.6 Å². The summed E-state index contributed by atoms with van der Waals surface area (Å²) in [6.45, 7) is 1.12. The third kappa shape index (κ3) is 2.44. The first-order valence-corrected chi connectivity index (χ1v) is 6.83. The first-order valence-electron chi connectivity index (χ1n) is 6.46. The summed E-state index contributed by atoms with van der Waals surface area (Å²) in [5.74, 6) is 1.44. The Morgan fingerprint density at radius 2 is 2.00 bits per heavy atom. The lowest BCUT2D eigenvalue weighted by molar-refractivity contribution is 0.171. The molecule has 0 fully saturated rings. The molecule has 0 saturated carbocycles. The van der Waals surface area contributed by atoms with Gasteiger partial charge in [-0.3, -0.25) is 4.98 Å². The van der Waals surface area contributed by atoms with Crippen molar-refractivity contribution in [3.63, 3.8) is 0 Å². The average molecular weight is 291 g/mol. The quantitative estimate of drug-likeness (QED) is 0.944. The average Bonchev–Trinajstić information content (AvgIpc) is 2.49. The van der Waals surface area contributed by atoms with Crippen LogP contribution in [-0.4, -0.2) is 25.2 Å². The van der Waals surface area contributed by atoms with E-state index in [-0.39, 0.29) is 6.04 Å². The fourth-order valence-corrected chi connectivity index (χ4v) is 2.61. The van der Waals surface area contributed by atoms with Gasteiger partial charge in [-0.1, -0.05) is 17.7 Å². The molecule has 2 heterocycles. The molecule has 1 aliphatic rings. The predicted octanol–water partition coefficient (Wildman–Crippen LogP) is 2.82. The fourth-order valence-electron chi connectivity index (χ4n) is 2.35. The molecule has 20 heavy (non-hydrogen) atoms. The molecule has 104 valence electrons. The third-order valence-corrected chi connectivity index (χ3v) is 3.61. The molecule has 3 rings (SSSR count). The number of rotatable bonds is 3. The number of halogens is 1. The van der Waals surface area contributed by atoms with E-state index < -0.39 is 0 Å². The SMILES string of the molecule is CNC(c1cccnc1)c1cc2c(cc1Cl)OCCO2. The first-order chi connectivity index (χ1) is 9.79. The fraction of sp³-hybridized carbons (Fsp3) is 0.267. The molecule has 1 N–H and O–H groups in total. The molecule has 4 nitrogen and oxygen atoms in total. The summed E-state index contributed by atoms with van der Waals surface area (Å²) in [6.07, 6.45) is 3.58. The van der Waals surface area contributed by atoms with Crippen molar-refractivity contribution < 1.29 is 9.47 Å². The van der Waals surface area contributed by atoms with Gasteiger partial charge in [-0.15, -0.1) is 0 Å². The lowest BCUT2D eigenvalue weighted by Gasteiger charge is -2.23. The molecule has 0 saturated heterocycles. The summed E-state index contributed by atoms with van der Waals surface area (Å²) in [7, 11) is 1.89. The minimum Gasteiger partial charge on any atom is -0.486 e. The highest BCUT2D eigenvalue weighted by Gasteiger charge is 2.21. The van der Waals surface area contributed by atoms with E-state index in [9.17, 15) is 0 Å². The molecular formula is C15H15ClN2O2. The van der Waals surface area contributed by atoms with E-state index in [1.807, 2.05) is 37.5 Å². The number of hydrogen-bond acceptors (Lipinski definition) is 4. The number of aromatic nitrogens is 1. The molecule has 0 radical (unpaired) electrons. The van der Waals surface area contributed by atoms with E-state index in [0.717, 1.165) is 16.9 Å². The Kier molecular flexibility index (Phi) is 3.76. The Hall–Kier alpha value is -1.78. The summed E-state index contributed by atoms with van der Waals surface area (Å²) >= 11 is 6.39. The third-order valence-electron chi connectivity index (χ3n) is 3.28. The second kappa shape index (κ2) is 5.69. The normalized spacial score (nSPS) is 14.9. The molecule has 1 unspecified atom stereocenters. The number of fused-ring (bicyclic) bond motifs is 1. The summed E-state index contributed by atoms with van der Waals surface area (Å²) in [4.78, 5) is 4.16. The Bertz CT molecular complexity index is 604. The molecule has 1 aliphatic heterocycles. The summed E-state index contributed by atoms with van der Waals surface area (Å²) < 4.78 is 11.2. The molecule has 0 bridgehead atoms. The Morgan fingerprint density at radius 3 is 2.65 bits per heavy atom. The van der Waals surface area contributed by atoms with Crippen molar-refractivity contribution in [2.75, 3.05) is 20.3 Å². The number of hydrogen-bond donors (Lipinski definition) is 1. The molecule has 2 aromatic rings. The first kappa shape index (κ1) is 13.2. The Labute approximate surface area is 122 Å². The highest BCUT2D eigenvalue weighted by Crippen LogP contribution is 2.39. The van der Waals surface area contributed by atoms with Gasteiger partial charge in [-0.2, -0.15) is 0 Å². The van der Waals surface area contributed by atoms with E-state index >= 15 is 0 Å². The van der Waals surface area contributed by atoms with Crippen molar-refractivity contribution in [2.45, 2.75) is 6.04 Å². The number of pyridine rings is 1. The van der Waals surface area contributed by atoms with Gasteiger partial charge in [0.2, 0.25) is 0 Å². The van der Waals surface area contributed by atoms with Crippen LogP contribution < -0.4 is 14.8 Å². The highest BCUT2D eigenvalue weighted by atomic mass is 35.5. The van der Waals surface area contributed by atoms with Crippen molar-refractivity contribution in [3.8, 4) is 11.5 Å². The van der Waals surface area contributed by atoms with Gasteiger partial charge in [0.1, 0.15) is 13.2 Å². The van der Waals surface area contributed by atoms with E-state index in [4.69, 9.17) is 21.1 Å². The van der Waals surface area contributed by atoms with Gasteiger partial charge < -0.3 is 14.8 Å². The summed E-state index contributed by atoms with van der Waals surface area (Å²) in [5.41, 5.74) is 2.00. The number of nitrogens with zero attached hydrogens (tertiary/aromatic N) is 1. The standard InChI is InChI=1S/C15H15ClN2O2/c1-17-15(10-3-2-4-18-9-10)11-7-13-14(8-12(11)16)20-6-5-19-13/h2-4,7-9,15,17H,5-6H2,1H3.